The van der Waals surface area contributed by atoms with Crippen molar-refractivity contribution in [3.8, 4) is 11.1 Å². The first kappa shape index (κ1) is 46.7. The molecular formula is C69H72N2. The van der Waals surface area contributed by atoms with E-state index in [1.165, 1.54) is 181 Å². The second kappa shape index (κ2) is 19.2. The summed E-state index contributed by atoms with van der Waals surface area (Å²) in [5, 5.41) is 0. The molecule has 71 heavy (non-hydrogen) atoms. The van der Waals surface area contributed by atoms with Crippen molar-refractivity contribution in [3.05, 3.63) is 235 Å². The Balaban J connectivity index is 1.05. The van der Waals surface area contributed by atoms with Crippen molar-refractivity contribution < 1.29 is 0 Å². The molecule has 8 aromatic rings. The van der Waals surface area contributed by atoms with E-state index in [-0.39, 0.29) is 5.41 Å². The molecule has 358 valence electrons. The van der Waals surface area contributed by atoms with Gasteiger partial charge in [0.2, 0.25) is 0 Å². The van der Waals surface area contributed by atoms with E-state index in [4.69, 9.17) is 0 Å². The van der Waals surface area contributed by atoms with Crippen molar-refractivity contribution in [2.24, 2.45) is 0 Å². The van der Waals surface area contributed by atoms with Gasteiger partial charge in [0.25, 0.3) is 0 Å². The summed E-state index contributed by atoms with van der Waals surface area (Å²) in [6, 6.07) is 57.5. The summed E-state index contributed by atoms with van der Waals surface area (Å²) in [7, 11) is 0. The zero-order valence-electron chi connectivity index (χ0n) is 43.7. The van der Waals surface area contributed by atoms with Crippen LogP contribution < -0.4 is 9.80 Å². The molecule has 0 saturated heterocycles. The third-order valence-corrected chi connectivity index (χ3v) is 16.6. The quantitative estimate of drug-likeness (QED) is 0.0891. The number of aryl methyl sites for hydroxylation is 13. The van der Waals surface area contributed by atoms with Gasteiger partial charge in [-0.3, -0.25) is 0 Å². The SMILES string of the molecule is Cc1ccc(N(c2ccc3c(c2)C(CCCCCCCCc2ccc4c(c2)CC4)(c2ccc4c(c2)CC4)c2cc(N(c4ccc(C)cc4)c4c(C)cc(C)cc4C)ccc2-3)c2c(C)cc(C)cc2C)cc1. The van der Waals surface area contributed by atoms with Crippen LogP contribution in [0.25, 0.3) is 11.1 Å². The van der Waals surface area contributed by atoms with Crippen LogP contribution in [0.3, 0.4) is 0 Å². The van der Waals surface area contributed by atoms with Crippen LogP contribution in [0.5, 0.6) is 0 Å². The number of unbranched alkanes of at least 4 members (excludes halogenated alkanes) is 5. The van der Waals surface area contributed by atoms with Gasteiger partial charge in [-0.15, -0.1) is 0 Å². The van der Waals surface area contributed by atoms with E-state index >= 15 is 0 Å². The van der Waals surface area contributed by atoms with E-state index in [1.807, 2.05) is 0 Å². The monoisotopic (exact) mass is 929 g/mol. The van der Waals surface area contributed by atoms with Crippen LogP contribution in [-0.4, -0.2) is 0 Å². The van der Waals surface area contributed by atoms with Crippen LogP contribution in [0.1, 0.15) is 134 Å². The van der Waals surface area contributed by atoms with Crippen LogP contribution in [0.4, 0.5) is 34.1 Å². The molecule has 0 fully saturated rings. The van der Waals surface area contributed by atoms with Crippen LogP contribution >= 0.6 is 0 Å². The van der Waals surface area contributed by atoms with Gasteiger partial charge in [-0.1, -0.05) is 151 Å². The van der Waals surface area contributed by atoms with Gasteiger partial charge < -0.3 is 9.80 Å². The molecule has 2 nitrogen and oxygen atoms in total. The molecule has 0 aromatic heterocycles. The van der Waals surface area contributed by atoms with Gasteiger partial charge in [0, 0.05) is 28.2 Å². The van der Waals surface area contributed by atoms with E-state index in [1.54, 1.807) is 11.1 Å². The van der Waals surface area contributed by atoms with Gasteiger partial charge in [0.05, 0.1) is 11.4 Å². The molecule has 0 amide bonds. The van der Waals surface area contributed by atoms with E-state index < -0.39 is 0 Å². The van der Waals surface area contributed by atoms with Gasteiger partial charge in [0.15, 0.2) is 0 Å². The molecule has 3 aliphatic rings. The average Bonchev–Trinajstić information content (AvgIpc) is 3.60. The molecule has 2 heteroatoms. The predicted octanol–water partition coefficient (Wildman–Crippen LogP) is 18.6. The van der Waals surface area contributed by atoms with E-state index in [2.05, 4.69) is 211 Å². The zero-order valence-corrected chi connectivity index (χ0v) is 43.7. The number of rotatable bonds is 16. The Labute approximate surface area is 425 Å². The van der Waals surface area contributed by atoms with Crippen molar-refractivity contribution >= 4 is 34.1 Å². The molecule has 8 aromatic carbocycles. The Kier molecular flexibility index (Phi) is 12.6. The van der Waals surface area contributed by atoms with Crippen molar-refractivity contribution in [1.82, 2.24) is 0 Å². The van der Waals surface area contributed by atoms with Crippen molar-refractivity contribution in [1.29, 1.82) is 0 Å². The Hall–Kier alpha value is -6.64. The smallest absolute Gasteiger partial charge is 0.0520 e. The Morgan fingerprint density at radius 3 is 1.23 bits per heavy atom. The topological polar surface area (TPSA) is 6.48 Å². The van der Waals surface area contributed by atoms with Crippen molar-refractivity contribution in [2.45, 2.75) is 138 Å². The molecule has 11 rings (SSSR count). The largest absolute Gasteiger partial charge is 0.310 e. The highest BCUT2D eigenvalue weighted by Crippen LogP contribution is 2.58. The molecule has 0 spiro atoms. The molecule has 0 N–H and O–H groups in total. The molecule has 0 aliphatic heterocycles. The van der Waals surface area contributed by atoms with Gasteiger partial charge in [-0.2, -0.15) is 0 Å². The second-order valence-electron chi connectivity index (χ2n) is 21.9. The molecular weight excluding hydrogens is 857 g/mol. The molecule has 0 bridgehead atoms. The minimum Gasteiger partial charge on any atom is -0.310 e. The standard InChI is InChI=1S/C69H72N2/c1-45-16-28-59(29-17-45)70(67-49(5)37-47(3)38-50(67)6)61-32-34-63-64-35-33-62(71(60-30-18-46(2)19-31-60)68-51(7)39-48(4)40-52(68)8)44-66(64)69(65(63)43-61,58-27-26-55-23-25-57(55)42-58)36-14-12-10-9-11-13-15-53-20-21-54-22-24-56(54)41-53/h16-21,26-35,37-44H,9-15,22-25,36H2,1-8H3. The van der Waals surface area contributed by atoms with Gasteiger partial charge in [0.1, 0.15) is 0 Å². The highest BCUT2D eigenvalue weighted by Gasteiger charge is 2.46. The first-order chi connectivity index (χ1) is 34.4. The fraction of sp³-hybridized carbons (Fsp3) is 0.304. The normalized spacial score (nSPS) is 13.7. The lowest BCUT2D eigenvalue weighted by molar-refractivity contribution is 0.503. The molecule has 0 saturated carbocycles. The number of nitrogens with zero attached hydrogens (tertiary/aromatic N) is 2. The predicted molar refractivity (Wildman–Crippen MR) is 303 cm³/mol. The number of hydrogen-bond acceptors (Lipinski definition) is 2. The molecule has 0 heterocycles. The number of anilines is 6. The first-order valence-electron chi connectivity index (χ1n) is 26.9. The molecule has 0 unspecified atom stereocenters. The number of fused-ring (bicyclic) bond motifs is 5. The summed E-state index contributed by atoms with van der Waals surface area (Å²) in [6.07, 6.45) is 14.6. The fourth-order valence-corrected chi connectivity index (χ4v) is 12.9. The summed E-state index contributed by atoms with van der Waals surface area (Å²) >= 11 is 0. The first-order valence-corrected chi connectivity index (χ1v) is 26.9. The highest BCUT2D eigenvalue weighted by atomic mass is 15.2. The maximum Gasteiger partial charge on any atom is 0.0520 e. The summed E-state index contributed by atoms with van der Waals surface area (Å²) < 4.78 is 0. The van der Waals surface area contributed by atoms with E-state index in [0.717, 1.165) is 19.3 Å². The van der Waals surface area contributed by atoms with Gasteiger partial charge in [-0.25, -0.2) is 0 Å². The number of benzene rings is 8. The molecule has 3 aliphatic carbocycles. The Morgan fingerprint density at radius 1 is 0.352 bits per heavy atom. The molecule has 0 radical (unpaired) electrons. The summed E-state index contributed by atoms with van der Waals surface area (Å²) in [6.45, 7) is 18.0. The van der Waals surface area contributed by atoms with Crippen LogP contribution in [0.15, 0.2) is 146 Å². The third kappa shape index (κ3) is 8.72. The van der Waals surface area contributed by atoms with Gasteiger partial charge >= 0.3 is 0 Å². The summed E-state index contributed by atoms with van der Waals surface area (Å²) in [5.74, 6) is 0. The Morgan fingerprint density at radius 2 is 0.775 bits per heavy atom. The van der Waals surface area contributed by atoms with E-state index in [0.29, 0.717) is 0 Å². The summed E-state index contributed by atoms with van der Waals surface area (Å²) in [4.78, 5) is 5.09. The minimum atomic E-state index is -0.358. The third-order valence-electron chi connectivity index (χ3n) is 16.6. The lowest BCUT2D eigenvalue weighted by atomic mass is 9.67. The maximum absolute atomic E-state index is 2.62. The highest BCUT2D eigenvalue weighted by molar-refractivity contribution is 5.91. The van der Waals surface area contributed by atoms with E-state index in [9.17, 15) is 0 Å². The Bertz CT molecular complexity index is 3090. The zero-order chi connectivity index (χ0) is 49.0. The average molecular weight is 929 g/mol. The van der Waals surface area contributed by atoms with Crippen LogP contribution in [0, 0.1) is 55.4 Å². The minimum absolute atomic E-state index is 0.358. The maximum atomic E-state index is 2.62. The van der Waals surface area contributed by atoms with Crippen molar-refractivity contribution in [3.63, 3.8) is 0 Å². The molecule has 0 atom stereocenters. The van der Waals surface area contributed by atoms with Crippen LogP contribution in [-0.2, 0) is 37.5 Å². The second-order valence-corrected chi connectivity index (χ2v) is 21.9. The lowest BCUT2D eigenvalue weighted by Crippen LogP contribution is -2.29. The number of hydrogen-bond donors (Lipinski definition) is 0. The van der Waals surface area contributed by atoms with Gasteiger partial charge in [-0.05, 0) is 227 Å². The lowest BCUT2D eigenvalue weighted by Gasteiger charge is -2.37. The van der Waals surface area contributed by atoms with Crippen molar-refractivity contribution in [2.75, 3.05) is 9.80 Å². The summed E-state index contributed by atoms with van der Waals surface area (Å²) in [5.41, 5.74) is 32.0. The van der Waals surface area contributed by atoms with Crippen LogP contribution in [0.2, 0.25) is 0 Å². The fourth-order valence-electron chi connectivity index (χ4n) is 12.9.